The molecule has 1 fully saturated rings. The van der Waals surface area contributed by atoms with Crippen LogP contribution in [-0.4, -0.2) is 36.2 Å². The summed E-state index contributed by atoms with van der Waals surface area (Å²) in [5, 5.41) is 11.6. The molecule has 0 aromatic heterocycles. The number of amides is 4. The van der Waals surface area contributed by atoms with E-state index >= 15 is 0 Å². The number of hydrogen-bond acceptors (Lipinski definition) is 6. The van der Waals surface area contributed by atoms with Gasteiger partial charge in [-0.2, -0.15) is 0 Å². The van der Waals surface area contributed by atoms with E-state index in [1.54, 1.807) is 12.1 Å². The zero-order valence-corrected chi connectivity index (χ0v) is 18.0. The smallest absolute Gasteiger partial charge is 0.335 e. The fraction of sp³-hybridized carbons (Fsp3) is 0.190. The van der Waals surface area contributed by atoms with Gasteiger partial charge < -0.3 is 14.6 Å². The summed E-state index contributed by atoms with van der Waals surface area (Å²) in [6.07, 6.45) is 1.28. The Hall–Kier alpha value is -3.33. The van der Waals surface area contributed by atoms with Gasteiger partial charge in [-0.05, 0) is 77.8 Å². The van der Waals surface area contributed by atoms with Crippen LogP contribution in [-0.2, 0) is 9.59 Å². The van der Waals surface area contributed by atoms with E-state index in [1.807, 2.05) is 13.8 Å². The Morgan fingerprint density at radius 3 is 2.40 bits per heavy atom. The van der Waals surface area contributed by atoms with Crippen molar-refractivity contribution in [3.05, 3.63) is 52.0 Å². The van der Waals surface area contributed by atoms with Crippen molar-refractivity contribution >= 4 is 45.5 Å². The highest BCUT2D eigenvalue weighted by atomic mass is 79.9. The lowest BCUT2D eigenvalue weighted by Crippen LogP contribution is -2.54. The summed E-state index contributed by atoms with van der Waals surface area (Å²) in [5.74, 6) is -0.698. The molecule has 0 radical (unpaired) electrons. The first-order valence-corrected chi connectivity index (χ1v) is 9.75. The number of nitrogens with one attached hydrogen (secondary N) is 1. The number of halogens is 1. The molecule has 156 valence electrons. The fourth-order valence-corrected chi connectivity index (χ4v) is 3.39. The number of methoxy groups -OCH3 is 1. The lowest BCUT2D eigenvalue weighted by Gasteiger charge is -2.26. The Morgan fingerprint density at radius 1 is 1.13 bits per heavy atom. The molecule has 1 aliphatic heterocycles. The first kappa shape index (κ1) is 21.4. The third-order valence-corrected chi connectivity index (χ3v) is 4.71. The zero-order chi connectivity index (χ0) is 22.0. The van der Waals surface area contributed by atoms with Crippen LogP contribution in [0.25, 0.3) is 6.08 Å². The molecule has 1 saturated heterocycles. The van der Waals surface area contributed by atoms with Gasteiger partial charge in [0.2, 0.25) is 0 Å². The van der Waals surface area contributed by atoms with Crippen molar-refractivity contribution in [3.63, 3.8) is 0 Å². The molecule has 8 nitrogen and oxygen atoms in total. The molecule has 0 spiro atoms. The van der Waals surface area contributed by atoms with Gasteiger partial charge >= 0.3 is 6.03 Å². The van der Waals surface area contributed by atoms with Gasteiger partial charge in [-0.25, -0.2) is 9.69 Å². The number of hydrogen-bond donors (Lipinski definition) is 2. The van der Waals surface area contributed by atoms with Crippen LogP contribution in [0.4, 0.5) is 10.5 Å². The van der Waals surface area contributed by atoms with Gasteiger partial charge in [-0.15, -0.1) is 0 Å². The number of aromatic hydroxyl groups is 1. The highest BCUT2D eigenvalue weighted by Crippen LogP contribution is 2.38. The molecule has 2 aromatic carbocycles. The van der Waals surface area contributed by atoms with Gasteiger partial charge in [-0.1, -0.05) is 0 Å². The van der Waals surface area contributed by atoms with Crippen molar-refractivity contribution in [3.8, 4) is 17.2 Å². The molecule has 30 heavy (non-hydrogen) atoms. The van der Waals surface area contributed by atoms with E-state index in [9.17, 15) is 19.5 Å². The topological polar surface area (TPSA) is 105 Å². The molecule has 0 bridgehead atoms. The maximum Gasteiger partial charge on any atom is 0.335 e. The van der Waals surface area contributed by atoms with Crippen molar-refractivity contribution in [2.75, 3.05) is 12.0 Å². The Morgan fingerprint density at radius 2 is 1.80 bits per heavy atom. The number of imide groups is 2. The number of carbonyl (C=O) groups is 3. The van der Waals surface area contributed by atoms with Crippen molar-refractivity contribution in [2.24, 2.45) is 0 Å². The summed E-state index contributed by atoms with van der Waals surface area (Å²) in [7, 11) is 1.48. The van der Waals surface area contributed by atoms with Crippen LogP contribution in [0.5, 0.6) is 17.2 Å². The molecule has 0 saturated carbocycles. The average molecular weight is 475 g/mol. The molecule has 0 atom stereocenters. The number of ether oxygens (including phenoxy) is 2. The van der Waals surface area contributed by atoms with Crippen LogP contribution in [0.15, 0.2) is 46.4 Å². The minimum Gasteiger partial charge on any atom is -0.508 e. The van der Waals surface area contributed by atoms with Gasteiger partial charge in [0.05, 0.1) is 23.4 Å². The first-order valence-electron chi connectivity index (χ1n) is 8.96. The summed E-state index contributed by atoms with van der Waals surface area (Å²) < 4.78 is 11.7. The van der Waals surface area contributed by atoms with Gasteiger partial charge in [-0.3, -0.25) is 14.9 Å². The highest BCUT2D eigenvalue weighted by Gasteiger charge is 2.36. The Kier molecular flexibility index (Phi) is 6.12. The van der Waals surface area contributed by atoms with Gasteiger partial charge in [0.1, 0.15) is 11.3 Å². The van der Waals surface area contributed by atoms with Crippen LogP contribution in [0, 0.1) is 0 Å². The zero-order valence-electron chi connectivity index (χ0n) is 16.4. The number of rotatable bonds is 5. The molecule has 1 heterocycles. The monoisotopic (exact) mass is 474 g/mol. The quantitative estimate of drug-likeness (QED) is 0.506. The van der Waals surface area contributed by atoms with Crippen molar-refractivity contribution < 1.29 is 29.0 Å². The summed E-state index contributed by atoms with van der Waals surface area (Å²) in [5.41, 5.74) is 0.482. The van der Waals surface area contributed by atoms with Crippen LogP contribution in [0.3, 0.4) is 0 Å². The lowest BCUT2D eigenvalue weighted by molar-refractivity contribution is -0.122. The average Bonchev–Trinajstić information content (AvgIpc) is 2.68. The van der Waals surface area contributed by atoms with Crippen LogP contribution < -0.4 is 19.7 Å². The standard InChI is InChI=1S/C21H19BrN2O6/c1-11(2)30-18-16(22)9-12(10-17(18)29-3)8-15-19(26)23-21(28)24(20(15)27)13-4-6-14(25)7-5-13/h4-11,25H,1-3H3,(H,23,26,28)/b15-8+. The second-order valence-corrected chi connectivity index (χ2v) is 7.53. The number of barbiturate groups is 1. The fourth-order valence-electron chi connectivity index (χ4n) is 2.83. The highest BCUT2D eigenvalue weighted by molar-refractivity contribution is 9.10. The van der Waals surface area contributed by atoms with E-state index in [4.69, 9.17) is 9.47 Å². The van der Waals surface area contributed by atoms with Crippen molar-refractivity contribution in [1.82, 2.24) is 5.32 Å². The molecule has 3 rings (SSSR count). The van der Waals surface area contributed by atoms with Gasteiger partial charge in [0.25, 0.3) is 11.8 Å². The maximum absolute atomic E-state index is 12.9. The molecule has 2 aromatic rings. The van der Waals surface area contributed by atoms with E-state index < -0.39 is 17.8 Å². The van der Waals surface area contributed by atoms with Crippen molar-refractivity contribution in [1.29, 1.82) is 0 Å². The molecule has 4 amide bonds. The van der Waals surface area contributed by atoms with Crippen molar-refractivity contribution in [2.45, 2.75) is 20.0 Å². The number of nitrogens with zero attached hydrogens (tertiary/aromatic N) is 1. The third-order valence-electron chi connectivity index (χ3n) is 4.13. The number of carbonyl (C=O) groups excluding carboxylic acids is 3. The van der Waals surface area contributed by atoms with Gasteiger partial charge in [0.15, 0.2) is 11.5 Å². The molecule has 0 unspecified atom stereocenters. The van der Waals surface area contributed by atoms with Crippen LogP contribution in [0.2, 0.25) is 0 Å². The van der Waals surface area contributed by atoms with E-state index in [2.05, 4.69) is 21.2 Å². The second-order valence-electron chi connectivity index (χ2n) is 6.67. The van der Waals surface area contributed by atoms with Crippen LogP contribution >= 0.6 is 15.9 Å². The van der Waals surface area contributed by atoms with E-state index in [-0.39, 0.29) is 23.1 Å². The third kappa shape index (κ3) is 4.30. The molecule has 0 aliphatic carbocycles. The number of urea groups is 1. The SMILES string of the molecule is COc1cc(/C=C2\C(=O)NC(=O)N(c3ccc(O)cc3)C2=O)cc(Br)c1OC(C)C. The summed E-state index contributed by atoms with van der Waals surface area (Å²) in [6, 6.07) is 7.91. The number of anilines is 1. The molecular weight excluding hydrogens is 456 g/mol. The minimum atomic E-state index is -0.868. The predicted octanol–water partition coefficient (Wildman–Crippen LogP) is 3.62. The summed E-state index contributed by atoms with van der Waals surface area (Å²) in [4.78, 5) is 38.3. The Balaban J connectivity index is 2.02. The first-order chi connectivity index (χ1) is 14.2. The number of phenols is 1. The molecule has 2 N–H and O–H groups in total. The van der Waals surface area contributed by atoms with Crippen LogP contribution in [0.1, 0.15) is 19.4 Å². The summed E-state index contributed by atoms with van der Waals surface area (Å²) >= 11 is 3.42. The number of phenolic OH excluding ortho intramolecular Hbond substituents is 1. The van der Waals surface area contributed by atoms with E-state index in [1.165, 1.54) is 37.5 Å². The summed E-state index contributed by atoms with van der Waals surface area (Å²) in [6.45, 7) is 3.75. The molecule has 1 aliphatic rings. The normalized spacial score (nSPS) is 15.6. The number of benzene rings is 2. The largest absolute Gasteiger partial charge is 0.508 e. The second kappa shape index (κ2) is 8.58. The molecular formula is C21H19BrN2O6. The maximum atomic E-state index is 12.9. The van der Waals surface area contributed by atoms with E-state index in [0.29, 0.717) is 21.5 Å². The Bertz CT molecular complexity index is 1050. The molecule has 9 heteroatoms. The van der Waals surface area contributed by atoms with E-state index in [0.717, 1.165) is 4.90 Å². The lowest BCUT2D eigenvalue weighted by atomic mass is 10.1. The Labute approximate surface area is 181 Å². The minimum absolute atomic E-state index is 0.0175. The predicted molar refractivity (Wildman–Crippen MR) is 114 cm³/mol. The van der Waals surface area contributed by atoms with Gasteiger partial charge in [0, 0.05) is 0 Å².